The van der Waals surface area contributed by atoms with Gasteiger partial charge in [0.15, 0.2) is 11.5 Å². The third kappa shape index (κ3) is 8.91. The van der Waals surface area contributed by atoms with Crippen molar-refractivity contribution in [2.75, 3.05) is 17.7 Å². The number of nitrogens with one attached hydrogen (secondary N) is 1. The maximum atomic E-state index is 15.6. The molecule has 1 amide bonds. The molecule has 1 fully saturated rings. The lowest BCUT2D eigenvalue weighted by atomic mass is 10.0. The van der Waals surface area contributed by atoms with Gasteiger partial charge in [-0.25, -0.2) is 35.3 Å². The Hall–Kier alpha value is -6.94. The Kier molecular flexibility index (Phi) is 12.3. The van der Waals surface area contributed by atoms with Gasteiger partial charge in [-0.3, -0.25) is 23.5 Å². The van der Waals surface area contributed by atoms with Crippen molar-refractivity contribution in [1.82, 2.24) is 39.4 Å². The number of carbonyl (C=O) groups is 1. The van der Waals surface area contributed by atoms with E-state index in [-0.39, 0.29) is 46.0 Å². The van der Waals surface area contributed by atoms with Crippen LogP contribution in [0, 0.1) is 17.6 Å². The fourth-order valence-electron chi connectivity index (χ4n) is 8.80. The number of aromatic nitrogens is 7. The Morgan fingerprint density at radius 1 is 0.972 bits per heavy atom. The standard InChI is InChI=1S/C43H33ClF9N9O8S2/c1-59-35-29(10-9-27(44)33(35)40(58-59)61(71(3,65)66)17-19-4-6-23(69-2)7-5-19)62-39(56-38-24(41(62)64)8-11-31(55-38)70-72(67,68)43(51,52)53)28(14-20-12-21(45)15-22(46)13-20)54-30(63)18-60-36-32(34(57-60)37(47)48)25-16-26(25)42(36,49)50/h4-13,15,25-26,28,37H,14,16-18H2,1-3H3,(H,54,63)/t25-,26+,28-/m0/s1. The van der Waals surface area contributed by atoms with E-state index in [0.717, 1.165) is 38.0 Å². The van der Waals surface area contributed by atoms with Gasteiger partial charge in [-0.1, -0.05) is 23.7 Å². The average molecular weight is 1070 g/mol. The molecule has 2 aliphatic carbocycles. The normalized spacial score (nSPS) is 16.8. The summed E-state index contributed by atoms with van der Waals surface area (Å²) in [4.78, 5) is 37.3. The molecule has 3 aromatic carbocycles. The minimum Gasteiger partial charge on any atom is -0.497 e. The van der Waals surface area contributed by atoms with Crippen molar-refractivity contribution >= 4 is 65.4 Å². The molecule has 1 saturated carbocycles. The molecule has 9 rings (SSSR count). The second-order valence-electron chi connectivity index (χ2n) is 16.7. The molecule has 0 bridgehead atoms. The highest BCUT2D eigenvalue weighted by molar-refractivity contribution is 7.92. The van der Waals surface area contributed by atoms with Gasteiger partial charge in [0.05, 0.1) is 53.0 Å². The number of carbonyl (C=O) groups excluding carboxylic acids is 1. The number of amides is 1. The fourth-order valence-corrected chi connectivity index (χ4v) is 10.3. The summed E-state index contributed by atoms with van der Waals surface area (Å²) in [5.74, 6) is -11.3. The Morgan fingerprint density at radius 2 is 1.65 bits per heavy atom. The number of benzene rings is 3. The number of sulfonamides is 1. The summed E-state index contributed by atoms with van der Waals surface area (Å²) in [6.45, 7) is -1.52. The molecule has 72 heavy (non-hydrogen) atoms. The number of hydrogen-bond donors (Lipinski definition) is 1. The molecule has 0 unspecified atom stereocenters. The number of anilines is 1. The summed E-state index contributed by atoms with van der Waals surface area (Å²) in [6, 6.07) is 10.3. The first-order valence-electron chi connectivity index (χ1n) is 20.9. The molecule has 0 saturated heterocycles. The molecule has 0 aliphatic heterocycles. The molecule has 380 valence electrons. The van der Waals surface area contributed by atoms with Gasteiger partial charge in [0.25, 0.3) is 17.9 Å². The third-order valence-corrected chi connectivity index (χ3v) is 14.3. The Labute approximate surface area is 404 Å². The van der Waals surface area contributed by atoms with Crippen LogP contribution in [0.5, 0.6) is 11.6 Å². The van der Waals surface area contributed by atoms with Gasteiger partial charge in [0, 0.05) is 37.1 Å². The fraction of sp³-hybridized carbons (Fsp3) is 0.302. The van der Waals surface area contributed by atoms with Gasteiger partial charge in [-0.2, -0.15) is 45.6 Å². The van der Waals surface area contributed by atoms with Gasteiger partial charge in [-0.15, -0.1) is 0 Å². The Bertz CT molecular complexity index is 3650. The first-order valence-corrected chi connectivity index (χ1v) is 24.5. The highest BCUT2D eigenvalue weighted by Crippen LogP contribution is 2.68. The SMILES string of the molecule is COc1ccc(CN(c2nn(C)c3c(-n4c([C@H](Cc5cc(F)cc(F)c5)NC(=O)Cn5nc(C(F)F)c6c5C(F)(F)[C@@H]5C[C@H]65)nc5nc(OS(=O)(=O)C(F)(F)F)ccc5c4=O)ccc(Cl)c23)S(C)(=O)=O)cc1. The van der Waals surface area contributed by atoms with Gasteiger partial charge in [0.2, 0.25) is 21.8 Å². The molecule has 3 atom stereocenters. The van der Waals surface area contributed by atoms with Crippen LogP contribution in [-0.2, 0) is 57.4 Å². The molecule has 4 heterocycles. The van der Waals surface area contributed by atoms with E-state index in [1.165, 1.54) is 26.3 Å². The van der Waals surface area contributed by atoms with Crippen LogP contribution < -0.4 is 24.1 Å². The van der Waals surface area contributed by atoms with Crippen molar-refractivity contribution < 1.29 is 70.1 Å². The largest absolute Gasteiger partial charge is 0.534 e. The summed E-state index contributed by atoms with van der Waals surface area (Å²) in [5, 5.41) is 9.75. The molecule has 0 radical (unpaired) electrons. The van der Waals surface area contributed by atoms with E-state index in [1.807, 2.05) is 0 Å². The van der Waals surface area contributed by atoms with Crippen molar-refractivity contribution in [2.24, 2.45) is 13.0 Å². The van der Waals surface area contributed by atoms with E-state index in [2.05, 4.69) is 29.7 Å². The van der Waals surface area contributed by atoms with Crippen LogP contribution in [0.15, 0.2) is 71.5 Å². The van der Waals surface area contributed by atoms with Crippen LogP contribution >= 0.6 is 11.6 Å². The summed E-state index contributed by atoms with van der Waals surface area (Å²) < 4.78 is 193. The second kappa shape index (κ2) is 17.7. The van der Waals surface area contributed by atoms with Crippen LogP contribution in [-0.4, -0.2) is 75.7 Å². The summed E-state index contributed by atoms with van der Waals surface area (Å²) in [7, 11) is -7.86. The van der Waals surface area contributed by atoms with E-state index in [1.54, 1.807) is 24.3 Å². The monoisotopic (exact) mass is 1070 g/mol. The highest BCUT2D eigenvalue weighted by atomic mass is 35.5. The number of alkyl halides is 7. The van der Waals surface area contributed by atoms with Crippen molar-refractivity contribution in [3.05, 3.63) is 128 Å². The number of hydrogen-bond acceptors (Lipinski definition) is 12. The number of aryl methyl sites for hydroxylation is 1. The second-order valence-corrected chi connectivity index (χ2v) is 20.6. The zero-order valence-electron chi connectivity index (χ0n) is 36.9. The van der Waals surface area contributed by atoms with E-state index in [4.69, 9.17) is 16.3 Å². The van der Waals surface area contributed by atoms with Crippen LogP contribution in [0.25, 0.3) is 27.6 Å². The maximum absolute atomic E-state index is 15.6. The van der Waals surface area contributed by atoms with Crippen molar-refractivity contribution in [2.45, 2.75) is 55.7 Å². The Morgan fingerprint density at radius 3 is 2.28 bits per heavy atom. The first-order chi connectivity index (χ1) is 33.7. The van der Waals surface area contributed by atoms with Crippen LogP contribution in [0.2, 0.25) is 5.02 Å². The summed E-state index contributed by atoms with van der Waals surface area (Å²) >= 11 is 6.80. The van der Waals surface area contributed by atoms with Crippen LogP contribution in [0.3, 0.4) is 0 Å². The number of ether oxygens (including phenoxy) is 1. The number of nitrogens with zero attached hydrogens (tertiary/aromatic N) is 8. The van der Waals surface area contributed by atoms with Gasteiger partial charge < -0.3 is 14.2 Å². The van der Waals surface area contributed by atoms with Crippen molar-refractivity contribution in [1.29, 1.82) is 0 Å². The quantitative estimate of drug-likeness (QED) is 0.0614. The molecule has 7 aromatic rings. The molecule has 2 aliphatic rings. The smallest absolute Gasteiger partial charge is 0.497 e. The number of pyridine rings is 1. The number of rotatable bonds is 15. The number of fused-ring (bicyclic) bond motifs is 5. The number of methoxy groups -OCH3 is 1. The lowest BCUT2D eigenvalue weighted by Crippen LogP contribution is -2.38. The molecule has 4 aromatic heterocycles. The molecule has 1 N–H and O–H groups in total. The molecular weight excluding hydrogens is 1040 g/mol. The maximum Gasteiger partial charge on any atom is 0.534 e. The van der Waals surface area contributed by atoms with E-state index in [0.29, 0.717) is 28.1 Å². The van der Waals surface area contributed by atoms with E-state index >= 15 is 13.6 Å². The minimum absolute atomic E-state index is 0.108. The zero-order valence-corrected chi connectivity index (χ0v) is 39.3. The molecule has 0 spiro atoms. The molecule has 17 nitrogen and oxygen atoms in total. The number of halogens is 10. The average Bonchev–Trinajstić information content (AvgIpc) is 3.81. The van der Waals surface area contributed by atoms with E-state index in [9.17, 15) is 52.4 Å². The predicted molar refractivity (Wildman–Crippen MR) is 237 cm³/mol. The molecule has 29 heteroatoms. The summed E-state index contributed by atoms with van der Waals surface area (Å²) in [5.41, 5.74) is -10.5. The van der Waals surface area contributed by atoms with Crippen molar-refractivity contribution in [3.8, 4) is 17.3 Å². The third-order valence-electron chi connectivity index (χ3n) is 11.9. The van der Waals surface area contributed by atoms with Gasteiger partial charge >= 0.3 is 15.6 Å². The van der Waals surface area contributed by atoms with E-state index < -0.39 is 132 Å². The zero-order chi connectivity index (χ0) is 52.1. The Balaban J connectivity index is 1.26. The lowest BCUT2D eigenvalue weighted by Gasteiger charge is -2.24. The predicted octanol–water partition coefficient (Wildman–Crippen LogP) is 7.25. The van der Waals surface area contributed by atoms with Crippen LogP contribution in [0.1, 0.15) is 58.7 Å². The molecular formula is C43H33ClF9N9O8S2. The topological polar surface area (TPSA) is 202 Å². The van der Waals surface area contributed by atoms with Crippen LogP contribution in [0.4, 0.5) is 45.3 Å². The van der Waals surface area contributed by atoms with Gasteiger partial charge in [-0.05, 0) is 65.9 Å². The van der Waals surface area contributed by atoms with Crippen molar-refractivity contribution in [3.63, 3.8) is 0 Å². The minimum atomic E-state index is -6.38. The lowest BCUT2D eigenvalue weighted by molar-refractivity contribution is -0.123. The highest BCUT2D eigenvalue weighted by Gasteiger charge is 2.67. The van der Waals surface area contributed by atoms with Gasteiger partial charge in [0.1, 0.15) is 41.1 Å². The summed E-state index contributed by atoms with van der Waals surface area (Å²) in [6.07, 6.45) is -3.31. The first kappa shape index (κ1) is 50.0.